The molecule has 2 aromatic carbocycles. The van der Waals surface area contributed by atoms with Gasteiger partial charge >= 0.3 is 0 Å². The van der Waals surface area contributed by atoms with Gasteiger partial charge in [0.15, 0.2) is 6.61 Å². The monoisotopic (exact) mass is 318 g/mol. The third-order valence-electron chi connectivity index (χ3n) is 2.70. The zero-order valence-corrected chi connectivity index (χ0v) is 12.8. The van der Waals surface area contributed by atoms with Crippen LogP contribution in [0.1, 0.15) is 5.56 Å². The van der Waals surface area contributed by atoms with Gasteiger partial charge in [0.05, 0.1) is 6.21 Å². The smallest absolute Gasteiger partial charge is 0.277 e. The van der Waals surface area contributed by atoms with Gasteiger partial charge < -0.3 is 4.74 Å². The van der Waals surface area contributed by atoms with Crippen LogP contribution in [0, 0.1) is 5.82 Å². The minimum absolute atomic E-state index is 0.186. The van der Waals surface area contributed by atoms with Crippen LogP contribution >= 0.6 is 11.8 Å². The van der Waals surface area contributed by atoms with Crippen molar-refractivity contribution in [3.8, 4) is 5.75 Å². The largest absolute Gasteiger partial charge is 0.484 e. The van der Waals surface area contributed by atoms with Crippen molar-refractivity contribution < 1.29 is 13.9 Å². The number of hydrazone groups is 1. The molecule has 0 fully saturated rings. The third kappa shape index (κ3) is 5.21. The van der Waals surface area contributed by atoms with E-state index < -0.39 is 0 Å². The first-order chi connectivity index (χ1) is 10.7. The third-order valence-corrected chi connectivity index (χ3v) is 3.45. The normalized spacial score (nSPS) is 10.6. The Morgan fingerprint density at radius 2 is 1.91 bits per heavy atom. The molecule has 0 aromatic heterocycles. The van der Waals surface area contributed by atoms with Gasteiger partial charge in [-0.1, -0.05) is 12.1 Å². The summed E-state index contributed by atoms with van der Waals surface area (Å²) < 4.78 is 17.9. The van der Waals surface area contributed by atoms with E-state index in [1.165, 1.54) is 24.3 Å². The van der Waals surface area contributed by atoms with Gasteiger partial charge in [-0.2, -0.15) is 5.10 Å². The van der Waals surface area contributed by atoms with Crippen LogP contribution in [0.25, 0.3) is 0 Å². The second-order valence-electron chi connectivity index (χ2n) is 4.31. The molecule has 4 nitrogen and oxygen atoms in total. The molecule has 0 aliphatic carbocycles. The van der Waals surface area contributed by atoms with E-state index in [2.05, 4.69) is 10.5 Å². The molecule has 0 spiro atoms. The molecule has 0 unspecified atom stereocenters. The molecule has 0 heterocycles. The zero-order chi connectivity index (χ0) is 15.8. The van der Waals surface area contributed by atoms with Crippen LogP contribution < -0.4 is 10.2 Å². The summed E-state index contributed by atoms with van der Waals surface area (Å²) in [5.74, 6) is -0.316. The van der Waals surface area contributed by atoms with E-state index >= 15 is 0 Å². The number of thioether (sulfide) groups is 1. The van der Waals surface area contributed by atoms with Gasteiger partial charge in [-0.25, -0.2) is 9.82 Å². The number of hydrogen-bond donors (Lipinski definition) is 1. The summed E-state index contributed by atoms with van der Waals surface area (Å²) in [6, 6.07) is 13.2. The van der Waals surface area contributed by atoms with Crippen LogP contribution in [0.4, 0.5) is 4.39 Å². The lowest BCUT2D eigenvalue weighted by molar-refractivity contribution is -0.123. The second-order valence-corrected chi connectivity index (χ2v) is 5.19. The molecule has 0 aliphatic rings. The highest BCUT2D eigenvalue weighted by Crippen LogP contribution is 2.14. The van der Waals surface area contributed by atoms with Crippen molar-refractivity contribution in [1.29, 1.82) is 0 Å². The van der Waals surface area contributed by atoms with Gasteiger partial charge in [-0.3, -0.25) is 4.79 Å². The molecule has 22 heavy (non-hydrogen) atoms. The van der Waals surface area contributed by atoms with Gasteiger partial charge in [-0.15, -0.1) is 11.8 Å². The summed E-state index contributed by atoms with van der Waals surface area (Å²) in [4.78, 5) is 12.7. The molecule has 1 amide bonds. The van der Waals surface area contributed by atoms with Crippen LogP contribution in [0.3, 0.4) is 0 Å². The van der Waals surface area contributed by atoms with Gasteiger partial charge in [0.2, 0.25) is 0 Å². The SMILES string of the molecule is CSc1ccc(/C=N/NC(=O)COc2ccc(F)cc2)cc1. The average Bonchev–Trinajstić information content (AvgIpc) is 2.55. The minimum Gasteiger partial charge on any atom is -0.484 e. The van der Waals surface area contributed by atoms with Crippen molar-refractivity contribution in [3.05, 3.63) is 59.9 Å². The lowest BCUT2D eigenvalue weighted by Gasteiger charge is -2.04. The van der Waals surface area contributed by atoms with Gasteiger partial charge in [0.25, 0.3) is 5.91 Å². The fraction of sp³-hybridized carbons (Fsp3) is 0.125. The topological polar surface area (TPSA) is 50.7 Å². The summed E-state index contributed by atoms with van der Waals surface area (Å²) in [6.07, 6.45) is 3.56. The van der Waals surface area contributed by atoms with Gasteiger partial charge in [0.1, 0.15) is 11.6 Å². The average molecular weight is 318 g/mol. The van der Waals surface area contributed by atoms with Gasteiger partial charge in [0, 0.05) is 4.90 Å². The number of amides is 1. The highest BCUT2D eigenvalue weighted by Gasteiger charge is 2.01. The van der Waals surface area contributed by atoms with Crippen LogP contribution in [0.2, 0.25) is 0 Å². The molecule has 0 atom stereocenters. The Balaban J connectivity index is 1.76. The number of nitrogens with one attached hydrogen (secondary N) is 1. The predicted molar refractivity (Wildman–Crippen MR) is 85.9 cm³/mol. The van der Waals surface area contributed by atoms with Crippen LogP contribution in [0.5, 0.6) is 5.75 Å². The Bertz CT molecular complexity index is 642. The maximum absolute atomic E-state index is 12.7. The molecule has 6 heteroatoms. The molecule has 0 bridgehead atoms. The van der Waals surface area contributed by atoms with Crippen molar-refractivity contribution in [3.63, 3.8) is 0 Å². The fourth-order valence-corrected chi connectivity index (χ4v) is 1.99. The molecular formula is C16H15FN2O2S. The summed E-state index contributed by atoms with van der Waals surface area (Å²) in [5, 5.41) is 3.85. The van der Waals surface area contributed by atoms with E-state index in [0.29, 0.717) is 5.75 Å². The van der Waals surface area contributed by atoms with Crippen LogP contribution in [-0.2, 0) is 4.79 Å². The predicted octanol–water partition coefficient (Wildman–Crippen LogP) is 3.08. The molecule has 0 saturated carbocycles. The Labute approximate surface area is 132 Å². The number of carbonyl (C=O) groups is 1. The molecular weight excluding hydrogens is 303 g/mol. The molecule has 0 saturated heterocycles. The van der Waals surface area contributed by atoms with Crippen molar-refractivity contribution in [2.75, 3.05) is 12.9 Å². The number of benzene rings is 2. The number of halogens is 1. The maximum atomic E-state index is 12.7. The maximum Gasteiger partial charge on any atom is 0.277 e. The van der Waals surface area contributed by atoms with E-state index in [0.717, 1.165) is 10.5 Å². The minimum atomic E-state index is -0.388. The number of rotatable bonds is 6. The van der Waals surface area contributed by atoms with Crippen molar-refractivity contribution >= 4 is 23.9 Å². The fourth-order valence-electron chi connectivity index (χ4n) is 1.58. The summed E-state index contributed by atoms with van der Waals surface area (Å²) >= 11 is 1.66. The zero-order valence-electron chi connectivity index (χ0n) is 12.0. The Morgan fingerprint density at radius 1 is 1.23 bits per heavy atom. The Kier molecular flexibility index (Phi) is 5.97. The van der Waals surface area contributed by atoms with E-state index in [1.807, 2.05) is 30.5 Å². The van der Waals surface area contributed by atoms with Crippen LogP contribution in [0.15, 0.2) is 58.5 Å². The van der Waals surface area contributed by atoms with Gasteiger partial charge in [-0.05, 0) is 48.2 Å². The first-order valence-corrected chi connectivity index (χ1v) is 7.74. The van der Waals surface area contributed by atoms with E-state index in [-0.39, 0.29) is 18.3 Å². The lowest BCUT2D eigenvalue weighted by Crippen LogP contribution is -2.24. The Morgan fingerprint density at radius 3 is 2.55 bits per heavy atom. The molecule has 0 radical (unpaired) electrons. The number of hydrogen-bond acceptors (Lipinski definition) is 4. The summed E-state index contributed by atoms with van der Waals surface area (Å²) in [6.45, 7) is -0.186. The molecule has 114 valence electrons. The van der Waals surface area contributed by atoms with E-state index in [4.69, 9.17) is 4.74 Å². The van der Waals surface area contributed by atoms with E-state index in [1.54, 1.807) is 18.0 Å². The molecule has 1 N–H and O–H groups in total. The van der Waals surface area contributed by atoms with Crippen molar-refractivity contribution in [2.45, 2.75) is 4.90 Å². The molecule has 2 rings (SSSR count). The summed E-state index contributed by atoms with van der Waals surface area (Å²) in [7, 11) is 0. The van der Waals surface area contributed by atoms with E-state index in [9.17, 15) is 9.18 Å². The molecule has 0 aliphatic heterocycles. The first kappa shape index (κ1) is 16.0. The number of ether oxygens (including phenoxy) is 1. The van der Waals surface area contributed by atoms with Crippen molar-refractivity contribution in [1.82, 2.24) is 5.43 Å². The standard InChI is InChI=1S/C16H15FN2O2S/c1-22-15-8-2-12(3-9-15)10-18-19-16(20)11-21-14-6-4-13(17)5-7-14/h2-10H,11H2,1H3,(H,19,20)/b18-10+. The highest BCUT2D eigenvalue weighted by atomic mass is 32.2. The number of nitrogens with zero attached hydrogens (tertiary/aromatic N) is 1. The van der Waals surface area contributed by atoms with Crippen molar-refractivity contribution in [2.24, 2.45) is 5.10 Å². The quantitative estimate of drug-likeness (QED) is 0.506. The first-order valence-electron chi connectivity index (χ1n) is 6.52. The van der Waals surface area contributed by atoms with Crippen LogP contribution in [-0.4, -0.2) is 25.0 Å². The summed E-state index contributed by atoms with van der Waals surface area (Å²) in [5.41, 5.74) is 3.25. The second kappa shape index (κ2) is 8.19. The highest BCUT2D eigenvalue weighted by molar-refractivity contribution is 7.98. The lowest BCUT2D eigenvalue weighted by atomic mass is 10.2. The number of carbonyl (C=O) groups excluding carboxylic acids is 1. The Hall–Kier alpha value is -2.34. The molecule has 2 aromatic rings.